The Kier molecular flexibility index (Phi) is 4.53. The zero-order valence-electron chi connectivity index (χ0n) is 12.8. The lowest BCUT2D eigenvalue weighted by Crippen LogP contribution is -2.41. The fourth-order valence-electron chi connectivity index (χ4n) is 2.59. The number of hydrogen-bond acceptors (Lipinski definition) is 3. The van der Waals surface area contributed by atoms with Crippen LogP contribution in [0.5, 0.6) is 0 Å². The van der Waals surface area contributed by atoms with Gasteiger partial charge in [-0.25, -0.2) is 0 Å². The van der Waals surface area contributed by atoms with Crippen molar-refractivity contribution in [3.8, 4) is 0 Å². The lowest BCUT2D eigenvalue weighted by Gasteiger charge is -2.30. The Morgan fingerprint density at radius 3 is 2.65 bits per heavy atom. The molecule has 1 aromatic rings. The third-order valence-corrected chi connectivity index (χ3v) is 3.67. The second-order valence-corrected chi connectivity index (χ2v) is 6.97. The molecule has 0 aliphatic heterocycles. The summed E-state index contributed by atoms with van der Waals surface area (Å²) in [6, 6.07) is 4.16. The Labute approximate surface area is 121 Å². The summed E-state index contributed by atoms with van der Waals surface area (Å²) < 4.78 is 5.38. The van der Waals surface area contributed by atoms with Crippen LogP contribution in [0.1, 0.15) is 45.8 Å². The Hall–Kier alpha value is -1.29. The fourth-order valence-corrected chi connectivity index (χ4v) is 2.59. The van der Waals surface area contributed by atoms with Crippen LogP contribution in [0.25, 0.3) is 0 Å². The summed E-state index contributed by atoms with van der Waals surface area (Å²) in [6.07, 6.45) is 4.67. The molecule has 0 radical (unpaired) electrons. The van der Waals surface area contributed by atoms with E-state index in [-0.39, 0.29) is 17.2 Å². The number of hydrogen-bond donors (Lipinski definition) is 1. The first-order valence-electron chi connectivity index (χ1n) is 7.43. The van der Waals surface area contributed by atoms with Gasteiger partial charge in [-0.3, -0.25) is 4.79 Å². The van der Waals surface area contributed by atoms with Crippen molar-refractivity contribution in [2.75, 3.05) is 6.54 Å². The Morgan fingerprint density at radius 2 is 2.20 bits per heavy atom. The van der Waals surface area contributed by atoms with Gasteiger partial charge in [0.2, 0.25) is 5.91 Å². The third-order valence-electron chi connectivity index (χ3n) is 3.67. The van der Waals surface area contributed by atoms with Gasteiger partial charge in [-0.05, 0) is 36.8 Å². The third kappa shape index (κ3) is 4.10. The molecule has 1 unspecified atom stereocenters. The SMILES string of the molecule is CC(C)(C)CC(CN)C(=O)N(Cc1ccco1)C1CC1. The van der Waals surface area contributed by atoms with Crippen molar-refractivity contribution < 1.29 is 9.21 Å². The summed E-state index contributed by atoms with van der Waals surface area (Å²) in [5.41, 5.74) is 5.95. The molecular formula is C16H26N2O2. The van der Waals surface area contributed by atoms with Crippen molar-refractivity contribution in [2.45, 2.75) is 52.6 Å². The molecule has 0 saturated heterocycles. The van der Waals surface area contributed by atoms with E-state index in [9.17, 15) is 4.79 Å². The van der Waals surface area contributed by atoms with E-state index < -0.39 is 0 Å². The Balaban J connectivity index is 2.05. The Bertz CT molecular complexity index is 430. The van der Waals surface area contributed by atoms with Crippen LogP contribution in [-0.2, 0) is 11.3 Å². The summed E-state index contributed by atoms with van der Waals surface area (Å²) >= 11 is 0. The number of carbonyl (C=O) groups is 1. The maximum absolute atomic E-state index is 12.8. The predicted molar refractivity (Wildman–Crippen MR) is 78.9 cm³/mol. The standard InChI is InChI=1S/C16H26N2O2/c1-16(2,3)9-12(10-17)15(19)18(13-6-7-13)11-14-5-4-8-20-14/h4-5,8,12-13H,6-7,9-11,17H2,1-3H3. The average Bonchev–Trinajstić information content (AvgIpc) is 3.08. The molecule has 0 spiro atoms. The molecule has 4 nitrogen and oxygen atoms in total. The largest absolute Gasteiger partial charge is 0.467 e. The average molecular weight is 278 g/mol. The summed E-state index contributed by atoms with van der Waals surface area (Å²) in [5, 5.41) is 0. The van der Waals surface area contributed by atoms with E-state index in [2.05, 4.69) is 20.8 Å². The second-order valence-electron chi connectivity index (χ2n) is 6.97. The van der Waals surface area contributed by atoms with E-state index in [4.69, 9.17) is 10.2 Å². The molecule has 1 heterocycles. The first kappa shape index (κ1) is 15.1. The van der Waals surface area contributed by atoms with Gasteiger partial charge in [-0.1, -0.05) is 20.8 Å². The van der Waals surface area contributed by atoms with Crippen LogP contribution < -0.4 is 5.73 Å². The Morgan fingerprint density at radius 1 is 1.50 bits per heavy atom. The van der Waals surface area contributed by atoms with Gasteiger partial charge in [0.15, 0.2) is 0 Å². The van der Waals surface area contributed by atoms with Crippen molar-refractivity contribution in [3.05, 3.63) is 24.2 Å². The normalized spacial score (nSPS) is 17.0. The zero-order valence-corrected chi connectivity index (χ0v) is 12.8. The van der Waals surface area contributed by atoms with E-state index in [1.54, 1.807) is 6.26 Å². The fraction of sp³-hybridized carbons (Fsp3) is 0.688. The number of nitrogens with zero attached hydrogens (tertiary/aromatic N) is 1. The van der Waals surface area contributed by atoms with E-state index in [1.807, 2.05) is 17.0 Å². The monoisotopic (exact) mass is 278 g/mol. The number of rotatable bonds is 6. The van der Waals surface area contributed by atoms with Gasteiger partial charge in [0.25, 0.3) is 0 Å². The number of amides is 1. The van der Waals surface area contributed by atoms with Crippen LogP contribution in [0.15, 0.2) is 22.8 Å². The molecule has 1 saturated carbocycles. The van der Waals surface area contributed by atoms with Gasteiger partial charge >= 0.3 is 0 Å². The van der Waals surface area contributed by atoms with Gasteiger partial charge in [0.05, 0.1) is 18.7 Å². The minimum absolute atomic E-state index is 0.0921. The summed E-state index contributed by atoms with van der Waals surface area (Å²) in [4.78, 5) is 14.7. The first-order chi connectivity index (χ1) is 9.40. The van der Waals surface area contributed by atoms with E-state index in [0.29, 0.717) is 19.1 Å². The van der Waals surface area contributed by atoms with Gasteiger partial charge < -0.3 is 15.1 Å². The van der Waals surface area contributed by atoms with Gasteiger partial charge in [0, 0.05) is 12.6 Å². The van der Waals surface area contributed by atoms with Crippen molar-refractivity contribution >= 4 is 5.91 Å². The highest BCUT2D eigenvalue weighted by atomic mass is 16.3. The highest BCUT2D eigenvalue weighted by molar-refractivity contribution is 5.79. The van der Waals surface area contributed by atoms with Crippen LogP contribution in [0.3, 0.4) is 0 Å². The van der Waals surface area contributed by atoms with Crippen LogP contribution in [0, 0.1) is 11.3 Å². The van der Waals surface area contributed by atoms with Crippen LogP contribution >= 0.6 is 0 Å². The molecular weight excluding hydrogens is 252 g/mol. The molecule has 0 bridgehead atoms. The van der Waals surface area contributed by atoms with Crippen molar-refractivity contribution in [1.82, 2.24) is 4.90 Å². The van der Waals surface area contributed by atoms with Crippen LogP contribution in [-0.4, -0.2) is 23.4 Å². The van der Waals surface area contributed by atoms with Crippen LogP contribution in [0.4, 0.5) is 0 Å². The maximum atomic E-state index is 12.8. The van der Waals surface area contributed by atoms with Crippen molar-refractivity contribution in [2.24, 2.45) is 17.1 Å². The number of furan rings is 1. The number of nitrogens with two attached hydrogens (primary N) is 1. The molecule has 112 valence electrons. The molecule has 4 heteroatoms. The molecule has 1 fully saturated rings. The van der Waals surface area contributed by atoms with Gasteiger partial charge in [0.1, 0.15) is 5.76 Å². The zero-order chi connectivity index (χ0) is 14.8. The minimum Gasteiger partial charge on any atom is -0.467 e. The van der Waals surface area contributed by atoms with E-state index in [0.717, 1.165) is 25.0 Å². The quantitative estimate of drug-likeness (QED) is 0.870. The second kappa shape index (κ2) is 6.00. The molecule has 1 atom stereocenters. The lowest BCUT2D eigenvalue weighted by atomic mass is 9.84. The molecule has 2 N–H and O–H groups in total. The molecule has 1 aliphatic rings. The highest BCUT2D eigenvalue weighted by Crippen LogP contribution is 2.32. The van der Waals surface area contributed by atoms with E-state index >= 15 is 0 Å². The lowest BCUT2D eigenvalue weighted by molar-refractivity contribution is -0.137. The van der Waals surface area contributed by atoms with E-state index in [1.165, 1.54) is 0 Å². The van der Waals surface area contributed by atoms with Crippen molar-refractivity contribution in [1.29, 1.82) is 0 Å². The van der Waals surface area contributed by atoms with Crippen molar-refractivity contribution in [3.63, 3.8) is 0 Å². The smallest absolute Gasteiger partial charge is 0.227 e. The molecule has 1 aliphatic carbocycles. The molecule has 1 amide bonds. The topological polar surface area (TPSA) is 59.5 Å². The first-order valence-corrected chi connectivity index (χ1v) is 7.43. The number of carbonyl (C=O) groups excluding carboxylic acids is 1. The predicted octanol–water partition coefficient (Wildman–Crippen LogP) is 2.78. The molecule has 2 rings (SSSR count). The summed E-state index contributed by atoms with van der Waals surface area (Å²) in [6.45, 7) is 7.43. The summed E-state index contributed by atoms with van der Waals surface area (Å²) in [7, 11) is 0. The van der Waals surface area contributed by atoms with Gasteiger partial charge in [-0.2, -0.15) is 0 Å². The highest BCUT2D eigenvalue weighted by Gasteiger charge is 2.36. The maximum Gasteiger partial charge on any atom is 0.227 e. The minimum atomic E-state index is -0.0921. The van der Waals surface area contributed by atoms with Crippen LogP contribution in [0.2, 0.25) is 0 Å². The summed E-state index contributed by atoms with van der Waals surface area (Å²) in [5.74, 6) is 0.934. The molecule has 1 aromatic heterocycles. The molecule has 20 heavy (non-hydrogen) atoms. The van der Waals surface area contributed by atoms with Gasteiger partial charge in [-0.15, -0.1) is 0 Å². The molecule has 0 aromatic carbocycles.